The van der Waals surface area contributed by atoms with Gasteiger partial charge >= 0.3 is 0 Å². The highest BCUT2D eigenvalue weighted by molar-refractivity contribution is 5.81. The highest BCUT2D eigenvalue weighted by atomic mass is 16.5. The topological polar surface area (TPSA) is 50.4 Å². The van der Waals surface area contributed by atoms with Gasteiger partial charge in [-0.05, 0) is 30.2 Å². The summed E-state index contributed by atoms with van der Waals surface area (Å²) in [5.74, 6) is 0.741. The fourth-order valence-electron chi connectivity index (χ4n) is 2.93. The molecule has 2 N–H and O–H groups in total. The maximum absolute atomic E-state index is 12.2. The van der Waals surface area contributed by atoms with E-state index in [2.05, 4.69) is 22.8 Å². The van der Waals surface area contributed by atoms with Crippen LogP contribution < -0.4 is 15.4 Å². The van der Waals surface area contributed by atoms with Crippen LogP contribution in [0.2, 0.25) is 0 Å². The van der Waals surface area contributed by atoms with E-state index in [1.165, 1.54) is 5.56 Å². The summed E-state index contributed by atoms with van der Waals surface area (Å²) in [6, 6.07) is 27.9. The molecule has 1 atom stereocenters. The Bertz CT molecular complexity index is 866. The summed E-state index contributed by atoms with van der Waals surface area (Å²) in [4.78, 5) is 12.2. The molecule has 0 saturated carbocycles. The van der Waals surface area contributed by atoms with Crippen molar-refractivity contribution in [1.29, 1.82) is 0 Å². The fourth-order valence-corrected chi connectivity index (χ4v) is 2.93. The number of benzene rings is 3. The van der Waals surface area contributed by atoms with Crippen molar-refractivity contribution in [3.63, 3.8) is 0 Å². The Labute approximate surface area is 166 Å². The van der Waals surface area contributed by atoms with E-state index < -0.39 is 0 Å². The van der Waals surface area contributed by atoms with Crippen LogP contribution in [0.3, 0.4) is 0 Å². The minimum absolute atomic E-state index is 0.0249. The van der Waals surface area contributed by atoms with Gasteiger partial charge in [0.2, 0.25) is 5.91 Å². The van der Waals surface area contributed by atoms with Crippen LogP contribution in [-0.4, -0.2) is 19.1 Å². The Hall–Kier alpha value is -3.27. The van der Waals surface area contributed by atoms with Crippen molar-refractivity contribution in [1.82, 2.24) is 5.32 Å². The lowest BCUT2D eigenvalue weighted by atomic mass is 10.1. The van der Waals surface area contributed by atoms with E-state index in [9.17, 15) is 4.79 Å². The average Bonchev–Trinajstić information content (AvgIpc) is 2.74. The molecule has 0 fully saturated rings. The second-order valence-corrected chi connectivity index (χ2v) is 6.67. The molecule has 0 aromatic heterocycles. The second kappa shape index (κ2) is 10.2. The van der Waals surface area contributed by atoms with Gasteiger partial charge in [-0.3, -0.25) is 4.79 Å². The third-order valence-corrected chi connectivity index (χ3v) is 4.47. The van der Waals surface area contributed by atoms with Crippen LogP contribution in [0.25, 0.3) is 0 Å². The van der Waals surface area contributed by atoms with Crippen LogP contribution in [-0.2, 0) is 11.2 Å². The molecule has 3 rings (SSSR count). The third-order valence-electron chi connectivity index (χ3n) is 4.47. The van der Waals surface area contributed by atoms with Crippen LogP contribution >= 0.6 is 0 Å². The summed E-state index contributed by atoms with van der Waals surface area (Å²) in [6.07, 6.45) is 0.859. The zero-order valence-electron chi connectivity index (χ0n) is 16.1. The summed E-state index contributed by atoms with van der Waals surface area (Å²) in [7, 11) is 0. The Morgan fingerprint density at radius 3 is 2.39 bits per heavy atom. The predicted molar refractivity (Wildman–Crippen MR) is 114 cm³/mol. The van der Waals surface area contributed by atoms with Gasteiger partial charge in [0.1, 0.15) is 5.75 Å². The number of anilines is 1. The van der Waals surface area contributed by atoms with Crippen molar-refractivity contribution in [3.8, 4) is 5.75 Å². The average molecular weight is 374 g/mol. The molecule has 144 valence electrons. The van der Waals surface area contributed by atoms with E-state index in [4.69, 9.17) is 4.74 Å². The van der Waals surface area contributed by atoms with Gasteiger partial charge in [0, 0.05) is 18.2 Å². The van der Waals surface area contributed by atoms with Gasteiger partial charge in [-0.1, -0.05) is 66.7 Å². The molecule has 3 aromatic carbocycles. The largest absolute Gasteiger partial charge is 0.493 e. The fraction of sp³-hybridized carbons (Fsp3) is 0.208. The van der Waals surface area contributed by atoms with E-state index in [1.54, 1.807) is 0 Å². The Balaban J connectivity index is 1.44. The van der Waals surface area contributed by atoms with E-state index in [1.807, 2.05) is 79.7 Å². The number of hydrogen-bond donors (Lipinski definition) is 2. The second-order valence-electron chi connectivity index (χ2n) is 6.67. The van der Waals surface area contributed by atoms with Gasteiger partial charge in [0.05, 0.1) is 19.2 Å². The predicted octanol–water partition coefficient (Wildman–Crippen LogP) is 4.60. The summed E-state index contributed by atoms with van der Waals surface area (Å²) in [6.45, 7) is 2.81. The van der Waals surface area contributed by atoms with E-state index in [0.29, 0.717) is 6.61 Å². The van der Waals surface area contributed by atoms with Crippen LogP contribution in [0.4, 0.5) is 5.69 Å². The van der Waals surface area contributed by atoms with E-state index in [-0.39, 0.29) is 18.5 Å². The lowest BCUT2D eigenvalue weighted by Crippen LogP contribution is -2.32. The van der Waals surface area contributed by atoms with Gasteiger partial charge < -0.3 is 15.4 Å². The molecule has 0 spiro atoms. The SMILES string of the molecule is CC(NC(=O)CNc1cccc(OCCc2ccccc2)c1)c1ccccc1. The molecule has 1 unspecified atom stereocenters. The highest BCUT2D eigenvalue weighted by Gasteiger charge is 2.09. The van der Waals surface area contributed by atoms with Gasteiger partial charge in [-0.25, -0.2) is 0 Å². The summed E-state index contributed by atoms with van der Waals surface area (Å²) in [5.41, 5.74) is 3.20. The standard InChI is InChI=1S/C24H26N2O2/c1-19(21-11-6-3-7-12-21)26-24(27)18-25-22-13-8-14-23(17-22)28-16-15-20-9-4-2-5-10-20/h2-14,17,19,25H,15-16,18H2,1H3,(H,26,27). The first-order valence-electron chi connectivity index (χ1n) is 9.56. The summed E-state index contributed by atoms with van der Waals surface area (Å²) >= 11 is 0. The highest BCUT2D eigenvalue weighted by Crippen LogP contribution is 2.18. The number of carbonyl (C=O) groups is 1. The van der Waals surface area contributed by atoms with Crippen LogP contribution in [0.1, 0.15) is 24.1 Å². The van der Waals surface area contributed by atoms with Gasteiger partial charge in [0.15, 0.2) is 0 Å². The number of hydrogen-bond acceptors (Lipinski definition) is 3. The van der Waals surface area contributed by atoms with Crippen molar-refractivity contribution >= 4 is 11.6 Å². The molecule has 3 aromatic rings. The molecule has 1 amide bonds. The third kappa shape index (κ3) is 6.16. The minimum atomic E-state index is -0.0493. The van der Waals surface area contributed by atoms with E-state index in [0.717, 1.165) is 23.4 Å². The zero-order chi connectivity index (χ0) is 19.6. The smallest absolute Gasteiger partial charge is 0.239 e. The van der Waals surface area contributed by atoms with Crippen LogP contribution in [0.15, 0.2) is 84.9 Å². The number of nitrogens with one attached hydrogen (secondary N) is 2. The number of carbonyl (C=O) groups excluding carboxylic acids is 1. The Morgan fingerprint density at radius 1 is 0.929 bits per heavy atom. The van der Waals surface area contributed by atoms with Crippen LogP contribution in [0.5, 0.6) is 5.75 Å². The van der Waals surface area contributed by atoms with Crippen LogP contribution in [0, 0.1) is 0 Å². The minimum Gasteiger partial charge on any atom is -0.493 e. The normalized spacial score (nSPS) is 11.5. The molecule has 0 bridgehead atoms. The van der Waals surface area contributed by atoms with Gasteiger partial charge in [-0.2, -0.15) is 0 Å². The number of ether oxygens (including phenoxy) is 1. The van der Waals surface area contributed by atoms with Crippen molar-refractivity contribution in [2.24, 2.45) is 0 Å². The molecule has 0 aliphatic heterocycles. The first-order chi connectivity index (χ1) is 13.7. The van der Waals surface area contributed by atoms with Crippen molar-refractivity contribution in [2.75, 3.05) is 18.5 Å². The first-order valence-corrected chi connectivity index (χ1v) is 9.56. The number of amides is 1. The van der Waals surface area contributed by atoms with Gasteiger partial charge in [-0.15, -0.1) is 0 Å². The van der Waals surface area contributed by atoms with Crippen molar-refractivity contribution in [3.05, 3.63) is 96.1 Å². The maximum atomic E-state index is 12.2. The van der Waals surface area contributed by atoms with Gasteiger partial charge in [0.25, 0.3) is 0 Å². The quantitative estimate of drug-likeness (QED) is 0.576. The monoisotopic (exact) mass is 374 g/mol. The molecule has 4 nitrogen and oxygen atoms in total. The molecule has 0 saturated heterocycles. The lowest BCUT2D eigenvalue weighted by molar-refractivity contribution is -0.120. The first kappa shape index (κ1) is 19.5. The molecule has 0 heterocycles. The lowest BCUT2D eigenvalue weighted by Gasteiger charge is -2.15. The molecule has 0 aliphatic carbocycles. The zero-order valence-corrected chi connectivity index (χ0v) is 16.1. The van der Waals surface area contributed by atoms with Crippen molar-refractivity contribution < 1.29 is 9.53 Å². The molecule has 4 heteroatoms. The molecule has 0 radical (unpaired) electrons. The Kier molecular flexibility index (Phi) is 7.08. The molecule has 28 heavy (non-hydrogen) atoms. The molecular formula is C24H26N2O2. The number of rotatable bonds is 9. The summed E-state index contributed by atoms with van der Waals surface area (Å²) < 4.78 is 5.84. The van der Waals surface area contributed by atoms with Crippen molar-refractivity contribution in [2.45, 2.75) is 19.4 Å². The molecule has 0 aliphatic rings. The summed E-state index contributed by atoms with van der Waals surface area (Å²) in [5, 5.41) is 6.16. The van der Waals surface area contributed by atoms with E-state index >= 15 is 0 Å². The Morgan fingerprint density at radius 2 is 1.64 bits per heavy atom. The molecular weight excluding hydrogens is 348 g/mol. The maximum Gasteiger partial charge on any atom is 0.239 e.